The predicted molar refractivity (Wildman–Crippen MR) is 103 cm³/mol. The Balaban J connectivity index is 0.00000312. The minimum atomic E-state index is -0.0881. The fourth-order valence-corrected chi connectivity index (χ4v) is 3.27. The van der Waals surface area contributed by atoms with Gasteiger partial charge < -0.3 is 10.6 Å². The Morgan fingerprint density at radius 1 is 1.24 bits per heavy atom. The van der Waals surface area contributed by atoms with Crippen LogP contribution in [0.15, 0.2) is 0 Å². The summed E-state index contributed by atoms with van der Waals surface area (Å²) in [5, 5.41) is 14.7. The number of halogens is 1. The van der Waals surface area contributed by atoms with Gasteiger partial charge in [0.05, 0.1) is 11.7 Å². The number of nitrogens with one attached hydrogen (secondary N) is 2. The molecule has 0 aliphatic carbocycles. The Morgan fingerprint density at radius 3 is 2.60 bits per heavy atom. The van der Waals surface area contributed by atoms with E-state index in [2.05, 4.69) is 34.8 Å². The number of unbranched alkanes of at least 4 members (excludes halogenated alkanes) is 3. The highest BCUT2D eigenvalue weighted by Gasteiger charge is 2.22. The van der Waals surface area contributed by atoms with Gasteiger partial charge in [0.15, 0.2) is 5.69 Å². The van der Waals surface area contributed by atoms with E-state index >= 15 is 0 Å². The monoisotopic (exact) mass is 371 g/mol. The van der Waals surface area contributed by atoms with Crippen LogP contribution in [0.5, 0.6) is 0 Å². The van der Waals surface area contributed by atoms with Crippen molar-refractivity contribution in [1.82, 2.24) is 25.6 Å². The van der Waals surface area contributed by atoms with Gasteiger partial charge in [0.1, 0.15) is 0 Å². The van der Waals surface area contributed by atoms with Crippen LogP contribution in [0.25, 0.3) is 0 Å². The van der Waals surface area contributed by atoms with Crippen LogP contribution in [-0.2, 0) is 0 Å². The lowest BCUT2D eigenvalue weighted by Crippen LogP contribution is -2.30. The van der Waals surface area contributed by atoms with Crippen LogP contribution in [0.2, 0.25) is 0 Å². The van der Waals surface area contributed by atoms with Crippen molar-refractivity contribution in [2.24, 2.45) is 5.92 Å². The third-order valence-electron chi connectivity index (χ3n) is 4.79. The van der Waals surface area contributed by atoms with E-state index in [1.54, 1.807) is 0 Å². The first kappa shape index (κ1) is 21.9. The van der Waals surface area contributed by atoms with Crippen LogP contribution >= 0.6 is 12.4 Å². The molecule has 0 unspecified atom stereocenters. The molecule has 7 heteroatoms. The van der Waals surface area contributed by atoms with Gasteiger partial charge in [-0.15, -0.1) is 17.5 Å². The molecule has 0 radical (unpaired) electrons. The Bertz CT molecular complexity index is 512. The number of carbonyl (C=O) groups excluding carboxylic acids is 1. The van der Waals surface area contributed by atoms with E-state index in [-0.39, 0.29) is 18.3 Å². The molecule has 1 amide bonds. The summed E-state index contributed by atoms with van der Waals surface area (Å²) < 4.78 is 1.93. The van der Waals surface area contributed by atoms with E-state index in [9.17, 15) is 4.79 Å². The van der Waals surface area contributed by atoms with Crippen molar-refractivity contribution in [2.45, 2.75) is 71.8 Å². The van der Waals surface area contributed by atoms with Gasteiger partial charge >= 0.3 is 0 Å². The van der Waals surface area contributed by atoms with E-state index in [1.165, 1.54) is 25.7 Å². The van der Waals surface area contributed by atoms with E-state index in [0.717, 1.165) is 50.5 Å². The molecule has 0 bridgehead atoms. The maximum atomic E-state index is 12.3. The zero-order valence-electron chi connectivity index (χ0n) is 15.9. The summed E-state index contributed by atoms with van der Waals surface area (Å²) in [6, 6.07) is 0.362. The van der Waals surface area contributed by atoms with Crippen LogP contribution in [0, 0.1) is 12.8 Å². The maximum absolute atomic E-state index is 12.3. The lowest BCUT2D eigenvalue weighted by Gasteiger charge is -2.23. The molecule has 2 N–H and O–H groups in total. The number of piperidine rings is 1. The molecule has 1 aromatic rings. The molecule has 144 valence electrons. The number of amides is 1. The minimum Gasteiger partial charge on any atom is -0.351 e. The van der Waals surface area contributed by atoms with Gasteiger partial charge in [-0.25, -0.2) is 4.68 Å². The lowest BCUT2D eigenvalue weighted by atomic mass is 10.0. The molecule has 1 aliphatic rings. The van der Waals surface area contributed by atoms with E-state index in [4.69, 9.17) is 0 Å². The summed E-state index contributed by atoms with van der Waals surface area (Å²) in [4.78, 5) is 12.3. The van der Waals surface area contributed by atoms with Crippen LogP contribution in [0.3, 0.4) is 0 Å². The molecular formula is C18H34ClN5O. The Labute approximate surface area is 157 Å². The van der Waals surface area contributed by atoms with Crippen molar-refractivity contribution < 1.29 is 4.79 Å². The number of hydrogen-bond acceptors (Lipinski definition) is 4. The molecule has 2 rings (SSSR count). The predicted octanol–water partition coefficient (Wildman–Crippen LogP) is 3.27. The van der Waals surface area contributed by atoms with Gasteiger partial charge in [0, 0.05) is 6.54 Å². The standard InChI is InChI=1S/C18H33N5O.ClH/c1-14(2)8-6-4-5-7-11-20-18(24)17-15(3)23(22-21-17)16-9-12-19-13-10-16;/h14,16,19H,4-13H2,1-3H3,(H,20,24);1H. The summed E-state index contributed by atoms with van der Waals surface area (Å²) >= 11 is 0. The first-order valence-corrected chi connectivity index (χ1v) is 9.50. The molecule has 1 saturated heterocycles. The lowest BCUT2D eigenvalue weighted by molar-refractivity contribution is 0.0947. The number of hydrogen-bond donors (Lipinski definition) is 2. The van der Waals surface area contributed by atoms with Crippen molar-refractivity contribution in [3.63, 3.8) is 0 Å². The molecular weight excluding hydrogens is 338 g/mol. The second-order valence-electron chi connectivity index (χ2n) is 7.30. The second-order valence-corrected chi connectivity index (χ2v) is 7.30. The van der Waals surface area contributed by atoms with Gasteiger partial charge in [0.25, 0.3) is 5.91 Å². The van der Waals surface area contributed by atoms with Crippen LogP contribution < -0.4 is 10.6 Å². The van der Waals surface area contributed by atoms with Gasteiger partial charge in [-0.05, 0) is 45.2 Å². The molecule has 1 fully saturated rings. The number of carbonyl (C=O) groups is 1. The molecule has 0 aromatic carbocycles. The zero-order valence-corrected chi connectivity index (χ0v) is 16.7. The molecule has 1 aliphatic heterocycles. The Hall–Kier alpha value is -1.14. The van der Waals surface area contributed by atoms with Gasteiger partial charge in [-0.1, -0.05) is 44.7 Å². The molecule has 25 heavy (non-hydrogen) atoms. The first-order chi connectivity index (χ1) is 11.6. The van der Waals surface area contributed by atoms with Gasteiger partial charge in [-0.3, -0.25) is 4.79 Å². The molecule has 0 atom stereocenters. The summed E-state index contributed by atoms with van der Waals surface area (Å²) in [7, 11) is 0. The quantitative estimate of drug-likeness (QED) is 0.653. The zero-order chi connectivity index (χ0) is 17.4. The van der Waals surface area contributed by atoms with Crippen molar-refractivity contribution in [3.05, 3.63) is 11.4 Å². The van der Waals surface area contributed by atoms with Crippen molar-refractivity contribution >= 4 is 18.3 Å². The average Bonchev–Trinajstić information content (AvgIpc) is 2.96. The number of rotatable bonds is 9. The normalized spacial score (nSPS) is 15.2. The average molecular weight is 372 g/mol. The maximum Gasteiger partial charge on any atom is 0.273 e. The van der Waals surface area contributed by atoms with Crippen LogP contribution in [-0.4, -0.2) is 40.5 Å². The fraction of sp³-hybridized carbons (Fsp3) is 0.833. The highest BCUT2D eigenvalue weighted by molar-refractivity contribution is 5.93. The molecule has 1 aromatic heterocycles. The second kappa shape index (κ2) is 11.5. The minimum absolute atomic E-state index is 0. The number of nitrogens with zero attached hydrogens (tertiary/aromatic N) is 3. The third kappa shape index (κ3) is 6.94. The largest absolute Gasteiger partial charge is 0.351 e. The summed E-state index contributed by atoms with van der Waals surface area (Å²) in [6.45, 7) is 9.20. The fourth-order valence-electron chi connectivity index (χ4n) is 3.27. The van der Waals surface area contributed by atoms with Crippen molar-refractivity contribution in [1.29, 1.82) is 0 Å². The van der Waals surface area contributed by atoms with E-state index in [0.29, 0.717) is 11.7 Å². The highest BCUT2D eigenvalue weighted by atomic mass is 35.5. The highest BCUT2D eigenvalue weighted by Crippen LogP contribution is 2.20. The van der Waals surface area contributed by atoms with E-state index in [1.807, 2.05) is 11.6 Å². The summed E-state index contributed by atoms with van der Waals surface area (Å²) in [5.74, 6) is 0.699. The van der Waals surface area contributed by atoms with Gasteiger partial charge in [0.2, 0.25) is 0 Å². The topological polar surface area (TPSA) is 71.8 Å². The van der Waals surface area contributed by atoms with Crippen molar-refractivity contribution in [3.8, 4) is 0 Å². The molecule has 2 heterocycles. The SMILES string of the molecule is Cc1c(C(=O)NCCCCCCC(C)C)nnn1C1CCNCC1.Cl. The smallest absolute Gasteiger partial charge is 0.273 e. The van der Waals surface area contributed by atoms with Crippen LogP contribution in [0.1, 0.15) is 81.0 Å². The molecule has 6 nitrogen and oxygen atoms in total. The van der Waals surface area contributed by atoms with Crippen molar-refractivity contribution in [2.75, 3.05) is 19.6 Å². The summed E-state index contributed by atoms with van der Waals surface area (Å²) in [5.41, 5.74) is 1.37. The third-order valence-corrected chi connectivity index (χ3v) is 4.79. The van der Waals surface area contributed by atoms with Gasteiger partial charge in [-0.2, -0.15) is 0 Å². The summed E-state index contributed by atoms with van der Waals surface area (Å²) in [6.07, 6.45) is 8.13. The van der Waals surface area contributed by atoms with E-state index < -0.39 is 0 Å². The number of aromatic nitrogens is 3. The Morgan fingerprint density at radius 2 is 1.92 bits per heavy atom. The first-order valence-electron chi connectivity index (χ1n) is 9.50. The van der Waals surface area contributed by atoms with Crippen LogP contribution in [0.4, 0.5) is 0 Å². The molecule has 0 saturated carbocycles. The molecule has 0 spiro atoms. The Kier molecular flexibility index (Phi) is 10.0.